The second kappa shape index (κ2) is 9.86. The molecule has 0 amide bonds. The largest absolute Gasteiger partial charge is 0.493 e. The lowest BCUT2D eigenvalue weighted by Gasteiger charge is -2.14. The third-order valence-corrected chi connectivity index (χ3v) is 3.98. The summed E-state index contributed by atoms with van der Waals surface area (Å²) in [6.45, 7) is 7.90. The Morgan fingerprint density at radius 3 is 2.46 bits per heavy atom. The number of nitrogens with one attached hydrogen (secondary N) is 1. The highest BCUT2D eigenvalue weighted by atomic mass is 16.5. The van der Waals surface area contributed by atoms with Crippen molar-refractivity contribution < 1.29 is 9.47 Å². The van der Waals surface area contributed by atoms with E-state index in [1.165, 1.54) is 5.56 Å². The second-order valence-corrected chi connectivity index (χ2v) is 6.02. The molecule has 0 aliphatic heterocycles. The Morgan fingerprint density at radius 1 is 1.00 bits per heavy atom. The van der Waals surface area contributed by atoms with Crippen LogP contribution in [0.15, 0.2) is 48.5 Å². The van der Waals surface area contributed by atoms with Crippen molar-refractivity contribution in [3.8, 4) is 11.5 Å². The zero-order valence-electron chi connectivity index (χ0n) is 15.0. The van der Waals surface area contributed by atoms with Gasteiger partial charge < -0.3 is 14.8 Å². The van der Waals surface area contributed by atoms with E-state index in [0.29, 0.717) is 0 Å². The van der Waals surface area contributed by atoms with E-state index in [2.05, 4.69) is 44.3 Å². The molecule has 130 valence electrons. The third-order valence-electron chi connectivity index (χ3n) is 3.98. The molecule has 0 bridgehead atoms. The predicted molar refractivity (Wildman–Crippen MR) is 101 cm³/mol. The van der Waals surface area contributed by atoms with E-state index in [0.717, 1.165) is 49.6 Å². The molecule has 0 aliphatic carbocycles. The zero-order chi connectivity index (χ0) is 17.2. The van der Waals surface area contributed by atoms with Crippen molar-refractivity contribution in [2.75, 3.05) is 11.9 Å². The lowest BCUT2D eigenvalue weighted by molar-refractivity contribution is 0.217. The molecule has 0 fully saturated rings. The van der Waals surface area contributed by atoms with Gasteiger partial charge in [0, 0.05) is 17.8 Å². The molecular weight excluding hydrogens is 298 g/mol. The van der Waals surface area contributed by atoms with E-state index in [-0.39, 0.29) is 6.10 Å². The van der Waals surface area contributed by atoms with Crippen molar-refractivity contribution in [2.45, 2.75) is 52.7 Å². The Kier molecular flexibility index (Phi) is 7.47. The van der Waals surface area contributed by atoms with E-state index < -0.39 is 0 Å². The fraction of sp³-hybridized carbons (Fsp3) is 0.429. The Hall–Kier alpha value is -2.16. The van der Waals surface area contributed by atoms with Crippen LogP contribution in [0.1, 0.15) is 45.6 Å². The number of unbranched alkanes of at least 4 members (excludes halogenated alkanes) is 1. The monoisotopic (exact) mass is 327 g/mol. The molecule has 24 heavy (non-hydrogen) atoms. The highest BCUT2D eigenvalue weighted by molar-refractivity contribution is 5.48. The van der Waals surface area contributed by atoms with E-state index in [1.54, 1.807) is 0 Å². The van der Waals surface area contributed by atoms with Crippen molar-refractivity contribution in [1.29, 1.82) is 0 Å². The van der Waals surface area contributed by atoms with Crippen LogP contribution in [-0.4, -0.2) is 12.7 Å². The number of ether oxygens (including phenoxy) is 2. The summed E-state index contributed by atoms with van der Waals surface area (Å²) in [5, 5.41) is 3.45. The Labute approximate surface area is 146 Å². The quantitative estimate of drug-likeness (QED) is 0.572. The van der Waals surface area contributed by atoms with Crippen LogP contribution in [0.5, 0.6) is 11.5 Å². The van der Waals surface area contributed by atoms with Crippen LogP contribution in [0.2, 0.25) is 0 Å². The van der Waals surface area contributed by atoms with Gasteiger partial charge in [0.25, 0.3) is 0 Å². The van der Waals surface area contributed by atoms with Crippen molar-refractivity contribution in [3.05, 3.63) is 54.1 Å². The first-order valence-electron chi connectivity index (χ1n) is 8.94. The molecule has 0 spiro atoms. The van der Waals surface area contributed by atoms with Crippen LogP contribution < -0.4 is 14.8 Å². The summed E-state index contributed by atoms with van der Waals surface area (Å²) >= 11 is 0. The number of hydrogen-bond donors (Lipinski definition) is 1. The van der Waals surface area contributed by atoms with E-state index in [4.69, 9.17) is 9.47 Å². The van der Waals surface area contributed by atoms with Gasteiger partial charge in [-0.15, -0.1) is 0 Å². The van der Waals surface area contributed by atoms with Gasteiger partial charge in [0.15, 0.2) is 0 Å². The molecule has 3 heteroatoms. The SMILES string of the molecule is CCCCOc1ccccc1CNc1ccc(OC(C)CC)cc1. The fourth-order valence-corrected chi connectivity index (χ4v) is 2.28. The minimum atomic E-state index is 0.246. The molecule has 0 saturated heterocycles. The smallest absolute Gasteiger partial charge is 0.124 e. The first kappa shape index (κ1) is 18.2. The van der Waals surface area contributed by atoms with Crippen LogP contribution in [0.4, 0.5) is 5.69 Å². The van der Waals surface area contributed by atoms with Crippen molar-refractivity contribution in [2.24, 2.45) is 0 Å². The normalized spacial score (nSPS) is 11.8. The Morgan fingerprint density at radius 2 is 1.75 bits per heavy atom. The first-order valence-corrected chi connectivity index (χ1v) is 8.94. The zero-order valence-corrected chi connectivity index (χ0v) is 15.0. The number of rotatable bonds is 10. The molecule has 2 rings (SSSR count). The predicted octanol–water partition coefficient (Wildman–Crippen LogP) is 5.65. The highest BCUT2D eigenvalue weighted by Gasteiger charge is 2.04. The topological polar surface area (TPSA) is 30.5 Å². The van der Waals surface area contributed by atoms with Gasteiger partial charge in [-0.3, -0.25) is 0 Å². The lowest BCUT2D eigenvalue weighted by Crippen LogP contribution is -2.09. The molecular formula is C21H29NO2. The van der Waals surface area contributed by atoms with Crippen LogP contribution in [-0.2, 0) is 6.54 Å². The molecule has 0 saturated carbocycles. The van der Waals surface area contributed by atoms with Gasteiger partial charge in [-0.1, -0.05) is 38.5 Å². The van der Waals surface area contributed by atoms with Crippen LogP contribution >= 0.6 is 0 Å². The molecule has 0 radical (unpaired) electrons. The minimum Gasteiger partial charge on any atom is -0.493 e. The number of benzene rings is 2. The molecule has 1 N–H and O–H groups in total. The van der Waals surface area contributed by atoms with Crippen molar-refractivity contribution in [3.63, 3.8) is 0 Å². The van der Waals surface area contributed by atoms with Gasteiger partial charge in [0.05, 0.1) is 12.7 Å². The van der Waals surface area contributed by atoms with Crippen molar-refractivity contribution >= 4 is 5.69 Å². The molecule has 0 aliphatic rings. The molecule has 1 atom stereocenters. The van der Waals surface area contributed by atoms with Crippen LogP contribution in [0, 0.1) is 0 Å². The maximum absolute atomic E-state index is 5.88. The van der Waals surface area contributed by atoms with E-state index in [9.17, 15) is 0 Å². The molecule has 1 unspecified atom stereocenters. The summed E-state index contributed by atoms with van der Waals surface area (Å²) in [6.07, 6.45) is 3.48. The van der Waals surface area contributed by atoms with Crippen LogP contribution in [0.3, 0.4) is 0 Å². The Bertz CT molecular complexity index is 595. The van der Waals surface area contributed by atoms with Gasteiger partial charge in [-0.25, -0.2) is 0 Å². The second-order valence-electron chi connectivity index (χ2n) is 6.02. The average molecular weight is 327 g/mol. The summed E-state index contributed by atoms with van der Waals surface area (Å²) in [5.74, 6) is 1.88. The average Bonchev–Trinajstić information content (AvgIpc) is 2.62. The number of para-hydroxylation sites is 1. The van der Waals surface area contributed by atoms with Gasteiger partial charge >= 0.3 is 0 Å². The van der Waals surface area contributed by atoms with Gasteiger partial charge in [-0.05, 0) is 50.1 Å². The van der Waals surface area contributed by atoms with E-state index in [1.807, 2.05) is 30.3 Å². The van der Waals surface area contributed by atoms with Crippen molar-refractivity contribution in [1.82, 2.24) is 0 Å². The van der Waals surface area contributed by atoms with Gasteiger partial charge in [0.2, 0.25) is 0 Å². The standard InChI is InChI=1S/C21H29NO2/c1-4-6-15-23-21-10-8-7-9-18(21)16-22-19-11-13-20(14-12-19)24-17(3)5-2/h7-14,17,22H,4-6,15-16H2,1-3H3. The fourth-order valence-electron chi connectivity index (χ4n) is 2.28. The lowest BCUT2D eigenvalue weighted by atomic mass is 10.2. The molecule has 2 aromatic rings. The van der Waals surface area contributed by atoms with Gasteiger partial charge in [-0.2, -0.15) is 0 Å². The van der Waals surface area contributed by atoms with Crippen LogP contribution in [0.25, 0.3) is 0 Å². The van der Waals surface area contributed by atoms with E-state index >= 15 is 0 Å². The van der Waals surface area contributed by atoms with Gasteiger partial charge in [0.1, 0.15) is 11.5 Å². The molecule has 0 aromatic heterocycles. The molecule has 0 heterocycles. The Balaban J connectivity index is 1.91. The summed E-state index contributed by atoms with van der Waals surface area (Å²) in [4.78, 5) is 0. The summed E-state index contributed by atoms with van der Waals surface area (Å²) in [6, 6.07) is 16.3. The summed E-state index contributed by atoms with van der Waals surface area (Å²) in [5.41, 5.74) is 2.25. The number of hydrogen-bond acceptors (Lipinski definition) is 3. The number of anilines is 1. The third kappa shape index (κ3) is 5.80. The first-order chi connectivity index (χ1) is 11.7. The summed E-state index contributed by atoms with van der Waals surface area (Å²) in [7, 11) is 0. The minimum absolute atomic E-state index is 0.246. The maximum atomic E-state index is 5.88. The molecule has 2 aromatic carbocycles. The molecule has 3 nitrogen and oxygen atoms in total. The summed E-state index contributed by atoms with van der Waals surface area (Å²) < 4.78 is 11.7. The maximum Gasteiger partial charge on any atom is 0.124 e. The highest BCUT2D eigenvalue weighted by Crippen LogP contribution is 2.22.